The van der Waals surface area contributed by atoms with Crippen molar-refractivity contribution in [3.8, 4) is 0 Å². The van der Waals surface area contributed by atoms with Gasteiger partial charge < -0.3 is 9.68 Å². The van der Waals surface area contributed by atoms with Gasteiger partial charge in [-0.05, 0) is 0 Å². The number of rotatable bonds is 12. The average Bonchev–Trinajstić information content (AvgIpc) is 2.34. The van der Waals surface area contributed by atoms with Gasteiger partial charge in [-0.25, -0.2) is 20.2 Å². The SMILES string of the molecule is O=[N+]([O-])OCCN(CN(CCO[N+](=O)[O-])[N+](=O)[O-])[N+](=O)[O-]. The van der Waals surface area contributed by atoms with E-state index in [1.54, 1.807) is 0 Å². The molecule has 0 aliphatic carbocycles. The average molecular weight is 314 g/mol. The fraction of sp³-hybridized carbons (Fsp3) is 1.00. The van der Waals surface area contributed by atoms with Crippen LogP contribution in [-0.4, -0.2) is 63.2 Å². The first-order valence-corrected chi connectivity index (χ1v) is 5.07. The van der Waals surface area contributed by atoms with Gasteiger partial charge >= 0.3 is 0 Å². The third-order valence-electron chi connectivity index (χ3n) is 1.88. The van der Waals surface area contributed by atoms with Crippen LogP contribution in [0.15, 0.2) is 0 Å². The molecule has 0 saturated heterocycles. The van der Waals surface area contributed by atoms with Gasteiger partial charge in [0.1, 0.15) is 26.3 Å². The summed E-state index contributed by atoms with van der Waals surface area (Å²) in [5.74, 6) is 0. The smallest absolute Gasteiger partial charge is 0.294 e. The van der Waals surface area contributed by atoms with Crippen LogP contribution in [0.1, 0.15) is 0 Å². The van der Waals surface area contributed by atoms with Crippen molar-refractivity contribution in [1.29, 1.82) is 0 Å². The lowest BCUT2D eigenvalue weighted by Crippen LogP contribution is -2.46. The van der Waals surface area contributed by atoms with Crippen LogP contribution < -0.4 is 0 Å². The highest BCUT2D eigenvalue weighted by Gasteiger charge is 2.25. The van der Waals surface area contributed by atoms with Gasteiger partial charge in [-0.1, -0.05) is 0 Å². The molecule has 0 heterocycles. The Kier molecular flexibility index (Phi) is 7.48. The van der Waals surface area contributed by atoms with Gasteiger partial charge in [0.25, 0.3) is 10.2 Å². The molecule has 0 aromatic rings. The molecule has 0 spiro atoms. The second kappa shape index (κ2) is 8.82. The minimum Gasteiger partial charge on any atom is -0.312 e. The molecule has 0 aromatic carbocycles. The zero-order valence-electron chi connectivity index (χ0n) is 10.3. The van der Waals surface area contributed by atoms with Crippen molar-refractivity contribution in [3.63, 3.8) is 0 Å². The van der Waals surface area contributed by atoms with E-state index in [-0.39, 0.29) is 10.0 Å². The Labute approximate surface area is 114 Å². The van der Waals surface area contributed by atoms with Gasteiger partial charge in [0.15, 0.2) is 10.1 Å². The fourth-order valence-corrected chi connectivity index (χ4v) is 1.04. The number of nitro groups is 2. The van der Waals surface area contributed by atoms with Gasteiger partial charge in [-0.3, -0.25) is 0 Å². The van der Waals surface area contributed by atoms with Crippen LogP contribution in [0.4, 0.5) is 0 Å². The van der Waals surface area contributed by atoms with E-state index in [4.69, 9.17) is 0 Å². The normalized spacial score (nSPS) is 9.52. The number of nitrogens with zero attached hydrogens (tertiary/aromatic N) is 6. The summed E-state index contributed by atoms with van der Waals surface area (Å²) in [5, 5.41) is 37.2. The molecule has 16 nitrogen and oxygen atoms in total. The summed E-state index contributed by atoms with van der Waals surface area (Å²) in [6.45, 7) is -3.43. The molecular weight excluding hydrogens is 304 g/mol. The maximum absolute atomic E-state index is 10.6. The monoisotopic (exact) mass is 314 g/mol. The lowest BCUT2D eigenvalue weighted by Gasteiger charge is -2.18. The fourth-order valence-electron chi connectivity index (χ4n) is 1.04. The molecule has 0 amide bonds. The molecule has 0 bridgehead atoms. The molecule has 0 radical (unpaired) electrons. The maximum Gasteiger partial charge on any atom is 0.294 e. The van der Waals surface area contributed by atoms with Crippen LogP contribution >= 0.6 is 0 Å². The predicted octanol–water partition coefficient (Wildman–Crippen LogP) is -1.65. The van der Waals surface area contributed by atoms with Crippen molar-refractivity contribution in [1.82, 2.24) is 10.0 Å². The van der Waals surface area contributed by atoms with E-state index in [1.807, 2.05) is 0 Å². The zero-order valence-corrected chi connectivity index (χ0v) is 10.3. The van der Waals surface area contributed by atoms with Crippen LogP contribution in [0.25, 0.3) is 0 Å². The van der Waals surface area contributed by atoms with Crippen LogP contribution in [-0.2, 0) is 9.68 Å². The number of hydrogen-bond donors (Lipinski definition) is 0. The Balaban J connectivity index is 4.45. The van der Waals surface area contributed by atoms with Crippen LogP contribution in [0.2, 0.25) is 0 Å². The standard InChI is InChI=1S/C5H10N6O10/c12-8(13)6(1-3-20-10(16)17)5-7(9(14)15)2-4-21-11(18)19/h1-5H2. The molecule has 0 rings (SSSR count). The summed E-state index contributed by atoms with van der Waals surface area (Å²) >= 11 is 0. The Morgan fingerprint density at radius 2 is 1.05 bits per heavy atom. The van der Waals surface area contributed by atoms with Crippen LogP contribution in [0, 0.1) is 40.5 Å². The van der Waals surface area contributed by atoms with Crippen molar-refractivity contribution in [3.05, 3.63) is 40.5 Å². The van der Waals surface area contributed by atoms with E-state index >= 15 is 0 Å². The summed E-state index contributed by atoms with van der Waals surface area (Å²) < 4.78 is 0. The summed E-state index contributed by atoms with van der Waals surface area (Å²) in [6.07, 6.45) is 0. The molecule has 0 unspecified atom stereocenters. The van der Waals surface area contributed by atoms with E-state index in [9.17, 15) is 40.5 Å². The lowest BCUT2D eigenvalue weighted by molar-refractivity contribution is -0.765. The van der Waals surface area contributed by atoms with Gasteiger partial charge in [0.2, 0.25) is 6.67 Å². The van der Waals surface area contributed by atoms with Crippen molar-refractivity contribution in [2.45, 2.75) is 0 Å². The molecule has 0 atom stereocenters. The molecule has 0 fully saturated rings. The van der Waals surface area contributed by atoms with Crippen molar-refractivity contribution in [2.75, 3.05) is 33.0 Å². The topological polar surface area (TPSA) is 198 Å². The third kappa shape index (κ3) is 8.51. The van der Waals surface area contributed by atoms with E-state index < -0.39 is 53.2 Å². The van der Waals surface area contributed by atoms with E-state index in [0.29, 0.717) is 0 Å². The molecule has 120 valence electrons. The maximum atomic E-state index is 10.6. The van der Waals surface area contributed by atoms with Gasteiger partial charge in [-0.2, -0.15) is 0 Å². The quantitative estimate of drug-likeness (QED) is 0.226. The highest BCUT2D eigenvalue weighted by atomic mass is 17.0. The Morgan fingerprint density at radius 1 is 0.714 bits per heavy atom. The first kappa shape index (κ1) is 17.8. The summed E-state index contributed by atoms with van der Waals surface area (Å²) in [6, 6.07) is 0. The van der Waals surface area contributed by atoms with Crippen LogP contribution in [0.5, 0.6) is 0 Å². The number of hydrazine groups is 2. The predicted molar refractivity (Wildman–Crippen MR) is 58.2 cm³/mol. The Bertz CT molecular complexity index is 365. The molecular formula is C5H10N6O10. The zero-order chi connectivity index (χ0) is 16.4. The van der Waals surface area contributed by atoms with E-state index in [1.165, 1.54) is 0 Å². The second-order valence-electron chi connectivity index (χ2n) is 3.19. The second-order valence-corrected chi connectivity index (χ2v) is 3.19. The minimum atomic E-state index is -1.17. The summed E-state index contributed by atoms with van der Waals surface area (Å²) in [4.78, 5) is 48.7. The molecule has 21 heavy (non-hydrogen) atoms. The highest BCUT2D eigenvalue weighted by molar-refractivity contribution is 4.45. The van der Waals surface area contributed by atoms with Crippen molar-refractivity contribution >= 4 is 0 Å². The third-order valence-corrected chi connectivity index (χ3v) is 1.88. The molecule has 0 aliphatic heterocycles. The molecule has 0 saturated carbocycles. The van der Waals surface area contributed by atoms with Crippen molar-refractivity contribution < 1.29 is 29.9 Å². The van der Waals surface area contributed by atoms with E-state index in [2.05, 4.69) is 9.68 Å². The van der Waals surface area contributed by atoms with Gasteiger partial charge in [0, 0.05) is 0 Å². The van der Waals surface area contributed by atoms with Crippen LogP contribution in [0.3, 0.4) is 0 Å². The van der Waals surface area contributed by atoms with E-state index in [0.717, 1.165) is 0 Å². The van der Waals surface area contributed by atoms with Gasteiger partial charge in [-0.15, -0.1) is 30.2 Å². The molecule has 16 heteroatoms. The van der Waals surface area contributed by atoms with Gasteiger partial charge in [0.05, 0.1) is 0 Å². The summed E-state index contributed by atoms with van der Waals surface area (Å²) in [7, 11) is 0. The first-order chi connectivity index (χ1) is 9.73. The largest absolute Gasteiger partial charge is 0.312 e. The lowest BCUT2D eigenvalue weighted by atomic mass is 10.6. The first-order valence-electron chi connectivity index (χ1n) is 5.07. The summed E-state index contributed by atoms with van der Waals surface area (Å²) in [5.41, 5.74) is 0. The highest BCUT2D eigenvalue weighted by Crippen LogP contribution is 1.97. The Morgan fingerprint density at radius 3 is 1.29 bits per heavy atom. The molecule has 0 aliphatic rings. The Hall–Kier alpha value is -3.20. The molecule has 0 N–H and O–H groups in total. The minimum absolute atomic E-state index is 0.276. The number of hydrogen-bond acceptors (Lipinski definition) is 10. The van der Waals surface area contributed by atoms with Crippen molar-refractivity contribution in [2.24, 2.45) is 0 Å². The molecule has 0 aromatic heterocycles.